The van der Waals surface area contributed by atoms with Gasteiger partial charge in [0.2, 0.25) is 11.8 Å². The van der Waals surface area contributed by atoms with Crippen molar-refractivity contribution in [2.24, 2.45) is 52.3 Å². The van der Waals surface area contributed by atoms with Crippen molar-refractivity contribution in [1.29, 1.82) is 0 Å². The minimum Gasteiger partial charge on any atom is -0.480 e. The summed E-state index contributed by atoms with van der Waals surface area (Å²) in [5.74, 6) is 2.34. The summed E-state index contributed by atoms with van der Waals surface area (Å²) >= 11 is 0. The lowest BCUT2D eigenvalue weighted by atomic mass is 9.44. The lowest BCUT2D eigenvalue weighted by Crippen LogP contribution is -2.54. The van der Waals surface area contributed by atoms with Crippen molar-refractivity contribution in [3.63, 3.8) is 0 Å². The van der Waals surface area contributed by atoms with E-state index in [0.717, 1.165) is 37.0 Å². The number of amides is 2. The zero-order valence-corrected chi connectivity index (χ0v) is 24.3. The highest BCUT2D eigenvalue weighted by molar-refractivity contribution is 5.89. The van der Waals surface area contributed by atoms with E-state index in [0.29, 0.717) is 35.0 Å². The second-order valence-electron chi connectivity index (χ2n) is 14.2. The van der Waals surface area contributed by atoms with Gasteiger partial charge in [0.1, 0.15) is 12.6 Å². The number of nitrogens with one attached hydrogen (secondary N) is 2. The van der Waals surface area contributed by atoms with Gasteiger partial charge in [0.05, 0.1) is 6.10 Å². The molecule has 216 valence electrons. The first kappa shape index (κ1) is 29.4. The van der Waals surface area contributed by atoms with Crippen molar-refractivity contribution in [1.82, 2.24) is 10.6 Å². The summed E-state index contributed by atoms with van der Waals surface area (Å²) in [5.41, 5.74) is 0.737. The third-order valence-corrected chi connectivity index (χ3v) is 11.9. The quantitative estimate of drug-likeness (QED) is 0.342. The number of hydrogen-bond acceptors (Lipinski definition) is 4. The molecule has 7 heteroatoms. The molecular formula is C31H52N2O5. The summed E-state index contributed by atoms with van der Waals surface area (Å²) in [5, 5.41) is 24.4. The fourth-order valence-electron chi connectivity index (χ4n) is 9.82. The van der Waals surface area contributed by atoms with Crippen molar-refractivity contribution in [2.75, 3.05) is 6.54 Å². The van der Waals surface area contributed by atoms with Gasteiger partial charge in [0.15, 0.2) is 0 Å². The molecule has 0 aliphatic heterocycles. The second-order valence-corrected chi connectivity index (χ2v) is 14.2. The van der Waals surface area contributed by atoms with Crippen molar-refractivity contribution in [2.45, 2.75) is 117 Å². The summed E-state index contributed by atoms with van der Waals surface area (Å²) in [6.45, 7) is 10.7. The Morgan fingerprint density at radius 3 is 2.29 bits per heavy atom. The van der Waals surface area contributed by atoms with Crippen LogP contribution in [0.4, 0.5) is 0 Å². The molecule has 10 atom stereocenters. The van der Waals surface area contributed by atoms with Crippen LogP contribution in [0.15, 0.2) is 0 Å². The zero-order chi connectivity index (χ0) is 27.8. The Balaban J connectivity index is 1.34. The van der Waals surface area contributed by atoms with Crippen molar-refractivity contribution < 1.29 is 24.6 Å². The second kappa shape index (κ2) is 11.5. The molecule has 4 rings (SSSR count). The van der Waals surface area contributed by atoms with Crippen LogP contribution in [0.1, 0.15) is 105 Å². The number of carbonyl (C=O) groups excluding carboxylic acids is 2. The Labute approximate surface area is 229 Å². The maximum atomic E-state index is 12.8. The van der Waals surface area contributed by atoms with Gasteiger partial charge in [-0.25, -0.2) is 0 Å². The van der Waals surface area contributed by atoms with Gasteiger partial charge in [0.25, 0.3) is 0 Å². The molecule has 0 bridgehead atoms. The van der Waals surface area contributed by atoms with E-state index >= 15 is 0 Å². The first-order valence-corrected chi connectivity index (χ1v) is 15.3. The van der Waals surface area contributed by atoms with E-state index in [4.69, 9.17) is 5.11 Å². The Hall–Kier alpha value is -1.63. The fourth-order valence-corrected chi connectivity index (χ4v) is 9.82. The normalized spacial score (nSPS) is 39.9. The van der Waals surface area contributed by atoms with Crippen LogP contribution < -0.4 is 10.6 Å². The molecule has 0 aromatic carbocycles. The van der Waals surface area contributed by atoms with E-state index in [2.05, 4.69) is 31.4 Å². The van der Waals surface area contributed by atoms with Crippen LogP contribution in [0.25, 0.3) is 0 Å². The predicted octanol–water partition coefficient (Wildman–Crippen LogP) is 4.76. The topological polar surface area (TPSA) is 116 Å². The van der Waals surface area contributed by atoms with Gasteiger partial charge in [0, 0.05) is 6.42 Å². The van der Waals surface area contributed by atoms with Gasteiger partial charge < -0.3 is 20.8 Å². The lowest BCUT2D eigenvalue weighted by Gasteiger charge is -2.61. The summed E-state index contributed by atoms with van der Waals surface area (Å²) < 4.78 is 0. The van der Waals surface area contributed by atoms with Gasteiger partial charge in [-0.2, -0.15) is 0 Å². The van der Waals surface area contributed by atoms with Crippen LogP contribution in [0.5, 0.6) is 0 Å². The largest absolute Gasteiger partial charge is 0.480 e. The van der Waals surface area contributed by atoms with Crippen LogP contribution >= 0.6 is 0 Å². The summed E-state index contributed by atoms with van der Waals surface area (Å²) in [6.07, 6.45) is 12.0. The molecule has 4 fully saturated rings. The summed E-state index contributed by atoms with van der Waals surface area (Å²) in [6, 6.07) is -0.724. The Morgan fingerprint density at radius 1 is 0.921 bits per heavy atom. The monoisotopic (exact) mass is 532 g/mol. The van der Waals surface area contributed by atoms with Crippen molar-refractivity contribution in [3.05, 3.63) is 0 Å². The first-order chi connectivity index (χ1) is 17.9. The van der Waals surface area contributed by atoms with E-state index in [9.17, 15) is 19.5 Å². The Kier molecular flexibility index (Phi) is 8.86. The molecule has 0 saturated heterocycles. The van der Waals surface area contributed by atoms with E-state index in [1.165, 1.54) is 44.9 Å². The van der Waals surface area contributed by atoms with Crippen LogP contribution in [0.3, 0.4) is 0 Å². The highest BCUT2D eigenvalue weighted by Crippen LogP contribution is 2.68. The van der Waals surface area contributed by atoms with Crippen molar-refractivity contribution >= 4 is 17.8 Å². The smallest absolute Gasteiger partial charge is 0.322 e. The SMILES string of the molecule is CC(C)[C@H](NC(=O)CC[C@@H](C)[C@H]1CC[C@H]2[C@@H]3CC[C@@H]4C[C@H](O)CC[C@]4(C)[C@H]3CC[C@]12C)C(=O)NCC(=O)O. The van der Waals surface area contributed by atoms with Gasteiger partial charge in [-0.1, -0.05) is 34.6 Å². The number of hydrogen-bond donors (Lipinski definition) is 4. The number of carboxylic acids is 1. The molecule has 0 unspecified atom stereocenters. The Bertz CT molecular complexity index is 891. The summed E-state index contributed by atoms with van der Waals surface area (Å²) in [4.78, 5) is 36.1. The van der Waals surface area contributed by atoms with Crippen LogP contribution in [0, 0.1) is 52.3 Å². The predicted molar refractivity (Wildman–Crippen MR) is 147 cm³/mol. The van der Waals surface area contributed by atoms with Gasteiger partial charge >= 0.3 is 5.97 Å². The summed E-state index contributed by atoms with van der Waals surface area (Å²) in [7, 11) is 0. The third kappa shape index (κ3) is 5.64. The average molecular weight is 533 g/mol. The molecule has 4 aliphatic rings. The molecule has 38 heavy (non-hydrogen) atoms. The first-order valence-electron chi connectivity index (χ1n) is 15.3. The molecule has 0 aromatic heterocycles. The van der Waals surface area contributed by atoms with Crippen LogP contribution in [-0.2, 0) is 14.4 Å². The van der Waals surface area contributed by atoms with Gasteiger partial charge in [-0.3, -0.25) is 14.4 Å². The highest BCUT2D eigenvalue weighted by Gasteiger charge is 2.60. The molecule has 0 radical (unpaired) electrons. The minimum absolute atomic E-state index is 0.0951. The number of rotatable bonds is 9. The zero-order valence-electron chi connectivity index (χ0n) is 24.3. The number of aliphatic hydroxyl groups excluding tert-OH is 1. The maximum Gasteiger partial charge on any atom is 0.322 e. The van der Waals surface area contributed by atoms with E-state index < -0.39 is 24.5 Å². The van der Waals surface area contributed by atoms with Gasteiger partial charge in [-0.05, 0) is 116 Å². The van der Waals surface area contributed by atoms with Gasteiger partial charge in [-0.15, -0.1) is 0 Å². The molecule has 7 nitrogen and oxygen atoms in total. The molecule has 0 spiro atoms. The molecule has 0 heterocycles. The number of aliphatic carboxylic acids is 1. The van der Waals surface area contributed by atoms with Crippen LogP contribution in [-0.4, -0.2) is 46.7 Å². The molecular weight excluding hydrogens is 480 g/mol. The number of aliphatic hydroxyl groups is 1. The van der Waals surface area contributed by atoms with E-state index in [-0.39, 0.29) is 17.9 Å². The molecule has 0 aromatic rings. The number of carboxylic acid groups (broad SMARTS) is 1. The standard InChI is InChI=1S/C31H52N2O5/c1-18(2)28(29(38)32-17-27(36)37)33-26(35)11-6-19(3)23-9-10-24-22-8-7-20-16-21(34)12-14-30(20,4)25(22)13-15-31(23,24)5/h18-25,28,34H,6-17H2,1-5H3,(H,32,38)(H,33,35)(H,36,37)/t19-,20-,21-,22+,23-,24+,25+,28+,30+,31-/m1/s1. The van der Waals surface area contributed by atoms with Crippen LogP contribution in [0.2, 0.25) is 0 Å². The fraction of sp³-hybridized carbons (Fsp3) is 0.903. The van der Waals surface area contributed by atoms with E-state index in [1.807, 2.05) is 13.8 Å². The number of fused-ring (bicyclic) bond motifs is 5. The molecule has 4 aliphatic carbocycles. The molecule has 2 amide bonds. The average Bonchev–Trinajstić information content (AvgIpc) is 3.22. The van der Waals surface area contributed by atoms with Crippen molar-refractivity contribution in [3.8, 4) is 0 Å². The minimum atomic E-state index is -1.10. The number of carbonyl (C=O) groups is 3. The Morgan fingerprint density at radius 2 is 1.61 bits per heavy atom. The maximum absolute atomic E-state index is 12.8. The molecule has 4 N–H and O–H groups in total. The van der Waals surface area contributed by atoms with E-state index in [1.54, 1.807) is 0 Å². The molecule has 4 saturated carbocycles. The lowest BCUT2D eigenvalue weighted by molar-refractivity contribution is -0.138. The highest BCUT2D eigenvalue weighted by atomic mass is 16.4. The third-order valence-electron chi connectivity index (χ3n) is 11.9.